The molecule has 14 heavy (non-hydrogen) atoms. The van der Waals surface area contributed by atoms with Crippen molar-refractivity contribution in [2.75, 3.05) is 6.61 Å². The molecule has 3 nitrogen and oxygen atoms in total. The highest BCUT2D eigenvalue weighted by Crippen LogP contribution is 2.10. The lowest BCUT2D eigenvalue weighted by Gasteiger charge is -2.08. The Balaban J connectivity index is 0. The van der Waals surface area contributed by atoms with Gasteiger partial charge in [0.05, 0.1) is 0 Å². The van der Waals surface area contributed by atoms with Crippen molar-refractivity contribution >= 4 is 5.97 Å². The molecule has 0 rings (SSSR count). The minimum absolute atomic E-state index is 0.372. The Morgan fingerprint density at radius 3 is 2.21 bits per heavy atom. The van der Waals surface area contributed by atoms with Crippen molar-refractivity contribution in [3.05, 3.63) is 12.7 Å². The molecule has 0 aromatic rings. The van der Waals surface area contributed by atoms with Gasteiger partial charge in [0.25, 0.3) is 0 Å². The van der Waals surface area contributed by atoms with Crippen LogP contribution in [0.5, 0.6) is 0 Å². The van der Waals surface area contributed by atoms with Crippen LogP contribution < -0.4 is 0 Å². The van der Waals surface area contributed by atoms with Crippen LogP contribution in [0.4, 0.5) is 0 Å². The van der Waals surface area contributed by atoms with E-state index in [0.29, 0.717) is 12.5 Å². The number of aliphatic carboxylic acids is 1. The molecule has 2 N–H and O–H groups in total. The fourth-order valence-corrected chi connectivity index (χ4v) is 0.917. The van der Waals surface area contributed by atoms with E-state index in [4.69, 9.17) is 10.2 Å². The Labute approximate surface area is 86.5 Å². The number of rotatable bonds is 6. The zero-order valence-electron chi connectivity index (χ0n) is 9.20. The van der Waals surface area contributed by atoms with Crippen molar-refractivity contribution in [2.45, 2.75) is 39.5 Å². The van der Waals surface area contributed by atoms with Crippen LogP contribution in [-0.4, -0.2) is 22.8 Å². The maximum atomic E-state index is 9.25. The third kappa shape index (κ3) is 13.7. The molecule has 0 amide bonds. The minimum Gasteiger partial charge on any atom is -0.478 e. The summed E-state index contributed by atoms with van der Waals surface area (Å²) in [5, 5.41) is 16.4. The van der Waals surface area contributed by atoms with Gasteiger partial charge in [-0.2, -0.15) is 0 Å². The Morgan fingerprint density at radius 1 is 1.50 bits per heavy atom. The van der Waals surface area contributed by atoms with Crippen LogP contribution in [0.25, 0.3) is 0 Å². The molecule has 0 radical (unpaired) electrons. The molecular formula is C11H22O3. The number of hydrogen-bond donors (Lipinski definition) is 2. The molecular weight excluding hydrogens is 180 g/mol. The molecule has 1 atom stereocenters. The normalized spacial score (nSPS) is 11.1. The van der Waals surface area contributed by atoms with Crippen LogP contribution in [0.2, 0.25) is 0 Å². The second-order valence-electron chi connectivity index (χ2n) is 3.14. The third-order valence-electron chi connectivity index (χ3n) is 1.98. The fraction of sp³-hybridized carbons (Fsp3) is 0.727. The van der Waals surface area contributed by atoms with Gasteiger partial charge in [0, 0.05) is 12.7 Å². The summed E-state index contributed by atoms with van der Waals surface area (Å²) >= 11 is 0. The minimum atomic E-state index is -0.981. The van der Waals surface area contributed by atoms with Crippen LogP contribution in [0.1, 0.15) is 39.5 Å². The first-order chi connectivity index (χ1) is 6.62. The van der Waals surface area contributed by atoms with E-state index >= 15 is 0 Å². The van der Waals surface area contributed by atoms with Crippen molar-refractivity contribution in [1.29, 1.82) is 0 Å². The standard InChI is InChI=1S/C8H18O.C3H4O2/c1-3-5-6-8(4-2)7-9;1-2-3(4)5/h8-9H,3-7H2,1-2H3;2H,1H2,(H,4,5). The van der Waals surface area contributed by atoms with E-state index < -0.39 is 5.97 Å². The smallest absolute Gasteiger partial charge is 0.327 e. The first-order valence-corrected chi connectivity index (χ1v) is 5.08. The lowest BCUT2D eigenvalue weighted by Crippen LogP contribution is -2.03. The average molecular weight is 202 g/mol. The van der Waals surface area contributed by atoms with Gasteiger partial charge in [0.1, 0.15) is 0 Å². The van der Waals surface area contributed by atoms with Gasteiger partial charge >= 0.3 is 5.97 Å². The molecule has 0 bridgehead atoms. The monoisotopic (exact) mass is 202 g/mol. The van der Waals surface area contributed by atoms with Crippen LogP contribution in [0, 0.1) is 5.92 Å². The molecule has 3 heteroatoms. The van der Waals surface area contributed by atoms with Gasteiger partial charge in [0.15, 0.2) is 0 Å². The van der Waals surface area contributed by atoms with E-state index in [2.05, 4.69) is 20.4 Å². The molecule has 0 spiro atoms. The number of aliphatic hydroxyl groups is 1. The number of aliphatic hydroxyl groups excluding tert-OH is 1. The molecule has 0 aliphatic heterocycles. The van der Waals surface area contributed by atoms with Crippen molar-refractivity contribution in [3.63, 3.8) is 0 Å². The molecule has 0 aromatic heterocycles. The summed E-state index contributed by atoms with van der Waals surface area (Å²) in [4.78, 5) is 9.25. The fourth-order valence-electron chi connectivity index (χ4n) is 0.917. The summed E-state index contributed by atoms with van der Waals surface area (Å²) in [6.07, 6.45) is 5.66. The molecule has 0 heterocycles. The summed E-state index contributed by atoms with van der Waals surface area (Å²) in [5.74, 6) is -0.421. The van der Waals surface area contributed by atoms with E-state index in [1.54, 1.807) is 0 Å². The quantitative estimate of drug-likeness (QED) is 0.650. The first-order valence-electron chi connectivity index (χ1n) is 5.08. The van der Waals surface area contributed by atoms with Crippen LogP contribution in [0.15, 0.2) is 12.7 Å². The first kappa shape index (κ1) is 15.6. The Morgan fingerprint density at radius 2 is 2.00 bits per heavy atom. The predicted octanol–water partition coefficient (Wildman–Crippen LogP) is 2.45. The Kier molecular flexibility index (Phi) is 13.6. The molecule has 0 saturated carbocycles. The summed E-state index contributed by atoms with van der Waals surface area (Å²) in [6, 6.07) is 0. The largest absolute Gasteiger partial charge is 0.478 e. The van der Waals surface area contributed by atoms with Gasteiger partial charge < -0.3 is 10.2 Å². The van der Waals surface area contributed by atoms with Crippen LogP contribution in [-0.2, 0) is 4.79 Å². The maximum Gasteiger partial charge on any atom is 0.327 e. The molecule has 0 aliphatic carbocycles. The van der Waals surface area contributed by atoms with E-state index in [9.17, 15) is 4.79 Å². The van der Waals surface area contributed by atoms with Crippen molar-refractivity contribution < 1.29 is 15.0 Å². The van der Waals surface area contributed by atoms with Gasteiger partial charge in [-0.25, -0.2) is 4.79 Å². The number of carboxylic acids is 1. The lowest BCUT2D eigenvalue weighted by atomic mass is 10.0. The zero-order valence-corrected chi connectivity index (χ0v) is 9.20. The number of carbonyl (C=O) groups is 1. The Hall–Kier alpha value is -0.830. The number of hydrogen-bond acceptors (Lipinski definition) is 2. The molecule has 0 saturated heterocycles. The number of carboxylic acid groups (broad SMARTS) is 1. The van der Waals surface area contributed by atoms with Crippen molar-refractivity contribution in [2.24, 2.45) is 5.92 Å². The van der Waals surface area contributed by atoms with Gasteiger partial charge in [-0.1, -0.05) is 39.7 Å². The molecule has 84 valence electrons. The maximum absolute atomic E-state index is 9.25. The van der Waals surface area contributed by atoms with Crippen LogP contribution in [0.3, 0.4) is 0 Å². The van der Waals surface area contributed by atoms with Gasteiger partial charge in [-0.05, 0) is 12.3 Å². The van der Waals surface area contributed by atoms with Crippen molar-refractivity contribution in [3.8, 4) is 0 Å². The SMILES string of the molecule is C=CC(=O)O.CCCCC(CC)CO. The van der Waals surface area contributed by atoms with Gasteiger partial charge in [-0.15, -0.1) is 0 Å². The summed E-state index contributed by atoms with van der Waals surface area (Å²) < 4.78 is 0. The predicted molar refractivity (Wildman–Crippen MR) is 58.2 cm³/mol. The van der Waals surface area contributed by atoms with E-state index in [-0.39, 0.29) is 0 Å². The van der Waals surface area contributed by atoms with E-state index in [1.807, 2.05) is 0 Å². The zero-order chi connectivity index (χ0) is 11.4. The molecule has 0 aromatic carbocycles. The topological polar surface area (TPSA) is 57.5 Å². The highest BCUT2D eigenvalue weighted by molar-refractivity contribution is 5.78. The summed E-state index contributed by atoms with van der Waals surface area (Å²) in [7, 11) is 0. The average Bonchev–Trinajstić information content (AvgIpc) is 2.20. The van der Waals surface area contributed by atoms with E-state index in [1.165, 1.54) is 19.3 Å². The van der Waals surface area contributed by atoms with Crippen LogP contribution >= 0.6 is 0 Å². The Bertz CT molecular complexity index is 139. The van der Waals surface area contributed by atoms with Gasteiger partial charge in [0.2, 0.25) is 0 Å². The second-order valence-corrected chi connectivity index (χ2v) is 3.14. The molecule has 0 fully saturated rings. The van der Waals surface area contributed by atoms with Gasteiger partial charge in [-0.3, -0.25) is 0 Å². The lowest BCUT2D eigenvalue weighted by molar-refractivity contribution is -0.131. The molecule has 1 unspecified atom stereocenters. The summed E-state index contributed by atoms with van der Waals surface area (Å²) in [5.41, 5.74) is 0. The number of unbranched alkanes of at least 4 members (excludes halogenated alkanes) is 1. The molecule has 0 aliphatic rings. The highest BCUT2D eigenvalue weighted by atomic mass is 16.4. The second kappa shape index (κ2) is 12.2. The van der Waals surface area contributed by atoms with Crippen molar-refractivity contribution in [1.82, 2.24) is 0 Å². The highest BCUT2D eigenvalue weighted by Gasteiger charge is 2.01. The summed E-state index contributed by atoms with van der Waals surface area (Å²) in [6.45, 7) is 7.65. The third-order valence-corrected chi connectivity index (χ3v) is 1.98. The van der Waals surface area contributed by atoms with E-state index in [0.717, 1.165) is 12.5 Å².